The molecule has 1 aliphatic rings. The Morgan fingerprint density at radius 2 is 1.50 bits per heavy atom. The number of carbonyl (C=O) groups excluding carboxylic acids is 1. The Morgan fingerprint density at radius 1 is 0.853 bits per heavy atom. The lowest BCUT2D eigenvalue weighted by molar-refractivity contribution is -0.134. The van der Waals surface area contributed by atoms with Crippen molar-refractivity contribution in [3.05, 3.63) is 36.7 Å². The van der Waals surface area contributed by atoms with Crippen LogP contribution < -0.4 is 9.47 Å². The van der Waals surface area contributed by atoms with Crippen molar-refractivity contribution in [3.63, 3.8) is 0 Å². The molecule has 1 saturated carbocycles. The van der Waals surface area contributed by atoms with Gasteiger partial charge in [0, 0.05) is 12.0 Å². The Kier molecular flexibility index (Phi) is 11.4. The van der Waals surface area contributed by atoms with Gasteiger partial charge in [-0.3, -0.25) is 4.79 Å². The van der Waals surface area contributed by atoms with Crippen LogP contribution in [0.4, 0.5) is 0 Å². The summed E-state index contributed by atoms with van der Waals surface area (Å²) in [5, 5.41) is 0. The van der Waals surface area contributed by atoms with Crippen LogP contribution in [-0.2, 0) is 4.79 Å². The molecule has 0 saturated heterocycles. The van der Waals surface area contributed by atoms with E-state index >= 15 is 0 Å². The number of ether oxygens (including phenoxy) is 2. The Hall–Kier alpha value is -2.43. The third-order valence-electron chi connectivity index (χ3n) is 7.04. The van der Waals surface area contributed by atoms with Crippen LogP contribution in [0.2, 0.25) is 0 Å². The zero-order valence-corrected chi connectivity index (χ0v) is 21.1. The van der Waals surface area contributed by atoms with Gasteiger partial charge in [-0.1, -0.05) is 78.1 Å². The van der Waals surface area contributed by atoms with E-state index in [1.165, 1.54) is 64.2 Å². The second-order valence-electron chi connectivity index (χ2n) is 9.69. The number of hydrogen-bond donors (Lipinski definition) is 0. The van der Waals surface area contributed by atoms with Gasteiger partial charge >= 0.3 is 5.97 Å². The van der Waals surface area contributed by atoms with E-state index in [0.717, 1.165) is 24.3 Å². The molecule has 0 aliphatic heterocycles. The van der Waals surface area contributed by atoms with Crippen molar-refractivity contribution < 1.29 is 14.3 Å². The summed E-state index contributed by atoms with van der Waals surface area (Å²) < 4.78 is 11.3. The highest BCUT2D eigenvalue weighted by molar-refractivity contribution is 5.72. The van der Waals surface area contributed by atoms with E-state index in [9.17, 15) is 4.79 Å². The van der Waals surface area contributed by atoms with E-state index in [2.05, 4.69) is 23.8 Å². The van der Waals surface area contributed by atoms with E-state index in [-0.39, 0.29) is 5.97 Å². The van der Waals surface area contributed by atoms with Gasteiger partial charge < -0.3 is 9.47 Å². The number of unbranched alkanes of at least 4 members (excludes halogenated alkanes) is 5. The molecule has 5 heteroatoms. The molecule has 186 valence electrons. The first-order valence-electron chi connectivity index (χ1n) is 13.4. The molecular weight excluding hydrogens is 424 g/mol. The molecule has 1 aromatic carbocycles. The monoisotopic (exact) mass is 466 g/mol. The maximum Gasteiger partial charge on any atom is 0.311 e. The average Bonchev–Trinajstić information content (AvgIpc) is 2.88. The normalized spacial score (nSPS) is 17.9. The maximum atomic E-state index is 12.3. The third kappa shape index (κ3) is 9.08. The lowest BCUT2D eigenvalue weighted by atomic mass is 9.79. The van der Waals surface area contributed by atoms with Gasteiger partial charge in [-0.2, -0.15) is 0 Å². The summed E-state index contributed by atoms with van der Waals surface area (Å²) in [6.07, 6.45) is 18.7. The Bertz CT molecular complexity index is 827. The number of nitrogens with zero attached hydrogens (tertiary/aromatic N) is 2. The fourth-order valence-corrected chi connectivity index (χ4v) is 4.72. The Balaban J connectivity index is 1.37. The SMILES string of the molecule is CCCCCCCCOc1cnc(-c2ccc(OC(=O)CCC3CCC(CC)CC3)cc2)nc1. The van der Waals surface area contributed by atoms with Crippen molar-refractivity contribution in [2.24, 2.45) is 11.8 Å². The molecule has 2 aromatic rings. The van der Waals surface area contributed by atoms with Crippen LogP contribution >= 0.6 is 0 Å². The standard InChI is InChI=1S/C29H42N2O3/c1-3-5-6-7-8-9-20-33-27-21-30-29(31-22-27)25-15-17-26(18-16-25)34-28(32)19-14-24-12-10-23(4-2)11-13-24/h15-18,21-24H,3-14,19-20H2,1-2H3. The van der Waals surface area contributed by atoms with Gasteiger partial charge in [-0.25, -0.2) is 9.97 Å². The number of aromatic nitrogens is 2. The van der Waals surface area contributed by atoms with Gasteiger partial charge in [0.2, 0.25) is 0 Å². The van der Waals surface area contributed by atoms with Crippen LogP contribution in [0.15, 0.2) is 36.7 Å². The summed E-state index contributed by atoms with van der Waals surface area (Å²) >= 11 is 0. The first-order chi connectivity index (χ1) is 16.7. The van der Waals surface area contributed by atoms with E-state index in [0.29, 0.717) is 36.3 Å². The van der Waals surface area contributed by atoms with Gasteiger partial charge in [-0.05, 0) is 48.9 Å². The molecule has 0 unspecified atom stereocenters. The minimum absolute atomic E-state index is 0.145. The summed E-state index contributed by atoms with van der Waals surface area (Å²) in [6.45, 7) is 5.21. The van der Waals surface area contributed by atoms with Crippen LogP contribution in [0.5, 0.6) is 11.5 Å². The van der Waals surface area contributed by atoms with Crippen molar-refractivity contribution in [3.8, 4) is 22.9 Å². The van der Waals surface area contributed by atoms with Crippen molar-refractivity contribution in [1.29, 1.82) is 0 Å². The number of esters is 1. The fourth-order valence-electron chi connectivity index (χ4n) is 4.72. The van der Waals surface area contributed by atoms with Crippen LogP contribution in [0, 0.1) is 11.8 Å². The lowest BCUT2D eigenvalue weighted by Gasteiger charge is -2.27. The molecule has 3 rings (SSSR count). The highest BCUT2D eigenvalue weighted by atomic mass is 16.5. The first-order valence-corrected chi connectivity index (χ1v) is 13.4. The smallest absolute Gasteiger partial charge is 0.311 e. The second kappa shape index (κ2) is 14.7. The number of hydrogen-bond acceptors (Lipinski definition) is 5. The molecule has 1 aliphatic carbocycles. The summed E-state index contributed by atoms with van der Waals surface area (Å²) in [6, 6.07) is 7.40. The largest absolute Gasteiger partial charge is 0.490 e. The van der Waals surface area contributed by atoms with Gasteiger partial charge in [0.1, 0.15) is 5.75 Å². The van der Waals surface area contributed by atoms with Crippen LogP contribution in [0.3, 0.4) is 0 Å². The molecule has 1 aromatic heterocycles. The highest BCUT2D eigenvalue weighted by Crippen LogP contribution is 2.33. The molecule has 0 spiro atoms. The first kappa shape index (κ1) is 26.2. The van der Waals surface area contributed by atoms with Crippen LogP contribution in [-0.4, -0.2) is 22.5 Å². The number of benzene rings is 1. The van der Waals surface area contributed by atoms with Gasteiger partial charge in [0.15, 0.2) is 11.6 Å². The summed E-state index contributed by atoms with van der Waals surface area (Å²) in [7, 11) is 0. The van der Waals surface area contributed by atoms with E-state index in [1.54, 1.807) is 12.4 Å². The van der Waals surface area contributed by atoms with Crippen molar-refractivity contribution >= 4 is 5.97 Å². The van der Waals surface area contributed by atoms with E-state index < -0.39 is 0 Å². The summed E-state index contributed by atoms with van der Waals surface area (Å²) in [5.41, 5.74) is 0.884. The van der Waals surface area contributed by atoms with Crippen molar-refractivity contribution in [2.75, 3.05) is 6.61 Å². The minimum Gasteiger partial charge on any atom is -0.490 e. The minimum atomic E-state index is -0.145. The van der Waals surface area contributed by atoms with Crippen molar-refractivity contribution in [1.82, 2.24) is 9.97 Å². The molecule has 0 amide bonds. The number of rotatable bonds is 14. The maximum absolute atomic E-state index is 12.3. The molecule has 1 heterocycles. The summed E-state index contributed by atoms with van der Waals surface area (Å²) in [4.78, 5) is 21.1. The predicted molar refractivity (Wildman–Crippen MR) is 137 cm³/mol. The molecule has 1 fully saturated rings. The molecule has 34 heavy (non-hydrogen) atoms. The molecule has 0 N–H and O–H groups in total. The third-order valence-corrected chi connectivity index (χ3v) is 7.04. The average molecular weight is 467 g/mol. The molecular formula is C29H42N2O3. The Morgan fingerprint density at radius 3 is 2.18 bits per heavy atom. The quantitative estimate of drug-likeness (QED) is 0.162. The highest BCUT2D eigenvalue weighted by Gasteiger charge is 2.21. The molecule has 5 nitrogen and oxygen atoms in total. The van der Waals surface area contributed by atoms with Gasteiger partial charge in [0.25, 0.3) is 0 Å². The van der Waals surface area contributed by atoms with Crippen LogP contribution in [0.1, 0.15) is 97.3 Å². The fraction of sp³-hybridized carbons (Fsp3) is 0.621. The summed E-state index contributed by atoms with van der Waals surface area (Å²) in [5.74, 6) is 3.32. The Labute approximate surface area is 205 Å². The zero-order valence-electron chi connectivity index (χ0n) is 21.1. The van der Waals surface area contributed by atoms with Crippen LogP contribution in [0.25, 0.3) is 11.4 Å². The van der Waals surface area contributed by atoms with E-state index in [1.807, 2.05) is 24.3 Å². The molecule has 0 atom stereocenters. The van der Waals surface area contributed by atoms with E-state index in [4.69, 9.17) is 9.47 Å². The number of carbonyl (C=O) groups is 1. The zero-order chi connectivity index (χ0) is 24.0. The lowest BCUT2D eigenvalue weighted by Crippen LogP contribution is -2.16. The second-order valence-corrected chi connectivity index (χ2v) is 9.69. The van der Waals surface area contributed by atoms with Gasteiger partial charge in [0.05, 0.1) is 19.0 Å². The van der Waals surface area contributed by atoms with Gasteiger partial charge in [-0.15, -0.1) is 0 Å². The topological polar surface area (TPSA) is 61.3 Å². The molecule has 0 bridgehead atoms. The predicted octanol–water partition coefficient (Wildman–Crippen LogP) is 7.78. The molecule has 0 radical (unpaired) electrons. The van der Waals surface area contributed by atoms with Crippen molar-refractivity contribution in [2.45, 2.75) is 97.3 Å².